The first kappa shape index (κ1) is 21.9. The van der Waals surface area contributed by atoms with Gasteiger partial charge in [-0.15, -0.1) is 0 Å². The number of hydrogen-bond acceptors (Lipinski definition) is 4. The maximum atomic E-state index is 12.9. The maximum absolute atomic E-state index is 12.9. The summed E-state index contributed by atoms with van der Waals surface area (Å²) in [6.45, 7) is 3.90. The third kappa shape index (κ3) is 4.49. The van der Waals surface area contributed by atoms with Gasteiger partial charge in [-0.2, -0.15) is 0 Å². The van der Waals surface area contributed by atoms with E-state index >= 15 is 0 Å². The lowest BCUT2D eigenvalue weighted by Crippen LogP contribution is -2.27. The zero-order chi connectivity index (χ0) is 22.8. The summed E-state index contributed by atoms with van der Waals surface area (Å²) in [6.07, 6.45) is 1.69. The number of amides is 3. The molecular weight excluding hydrogens is 446 g/mol. The van der Waals surface area contributed by atoms with E-state index in [4.69, 9.17) is 11.6 Å². The van der Waals surface area contributed by atoms with E-state index in [0.717, 1.165) is 34.3 Å². The zero-order valence-corrected chi connectivity index (χ0v) is 19.0. The van der Waals surface area contributed by atoms with Crippen molar-refractivity contribution >= 4 is 46.5 Å². The van der Waals surface area contributed by atoms with Gasteiger partial charge in [0.05, 0.1) is 11.4 Å². The van der Waals surface area contributed by atoms with Gasteiger partial charge in [0.25, 0.3) is 17.1 Å². The molecule has 2 heterocycles. The van der Waals surface area contributed by atoms with Crippen LogP contribution in [0.5, 0.6) is 0 Å². The number of rotatable bonds is 5. The summed E-state index contributed by atoms with van der Waals surface area (Å²) >= 11 is 6.82. The highest BCUT2D eigenvalue weighted by molar-refractivity contribution is 8.18. The number of nitrogens with one attached hydrogen (secondary N) is 1. The molecule has 1 fully saturated rings. The number of halogens is 1. The second-order valence-electron chi connectivity index (χ2n) is 7.36. The van der Waals surface area contributed by atoms with Gasteiger partial charge in [-0.3, -0.25) is 29.4 Å². The largest absolute Gasteiger partial charge is 0.293 e. The first-order valence-corrected chi connectivity index (χ1v) is 11.1. The molecule has 0 spiro atoms. The van der Waals surface area contributed by atoms with Crippen LogP contribution in [0, 0.1) is 13.8 Å². The molecule has 4 rings (SSSR count). The van der Waals surface area contributed by atoms with Crippen LogP contribution >= 0.6 is 23.4 Å². The number of carbonyl (C=O) groups is 3. The highest BCUT2D eigenvalue weighted by atomic mass is 35.5. The lowest BCUT2D eigenvalue weighted by atomic mass is 10.2. The number of aromatic nitrogens is 1. The van der Waals surface area contributed by atoms with E-state index in [-0.39, 0.29) is 23.6 Å². The monoisotopic (exact) mass is 465 g/mol. The van der Waals surface area contributed by atoms with Crippen LogP contribution in [0.3, 0.4) is 0 Å². The fourth-order valence-corrected chi connectivity index (χ4v) is 4.37. The van der Waals surface area contributed by atoms with Crippen LogP contribution in [0.1, 0.15) is 32.9 Å². The van der Waals surface area contributed by atoms with Gasteiger partial charge < -0.3 is 0 Å². The van der Waals surface area contributed by atoms with Crippen LogP contribution in [0.25, 0.3) is 6.08 Å². The van der Waals surface area contributed by atoms with Crippen molar-refractivity contribution in [2.75, 3.05) is 5.43 Å². The van der Waals surface area contributed by atoms with E-state index in [2.05, 4.69) is 5.43 Å². The number of nitrogens with zero attached hydrogens (tertiary/aromatic N) is 2. The summed E-state index contributed by atoms with van der Waals surface area (Å²) < 4.78 is 1.68. The molecule has 8 heteroatoms. The first-order chi connectivity index (χ1) is 15.3. The van der Waals surface area contributed by atoms with Crippen molar-refractivity contribution in [3.05, 3.63) is 98.7 Å². The first-order valence-electron chi connectivity index (χ1n) is 9.88. The predicted octanol–water partition coefficient (Wildman–Crippen LogP) is 5.38. The van der Waals surface area contributed by atoms with Crippen LogP contribution in [0.15, 0.2) is 65.6 Å². The van der Waals surface area contributed by atoms with Gasteiger partial charge in [0.2, 0.25) is 0 Å². The Morgan fingerprint density at radius 3 is 2.44 bits per heavy atom. The molecule has 32 heavy (non-hydrogen) atoms. The van der Waals surface area contributed by atoms with Crippen molar-refractivity contribution in [2.24, 2.45) is 0 Å². The molecule has 1 aromatic heterocycles. The van der Waals surface area contributed by atoms with E-state index in [1.165, 1.54) is 4.90 Å². The minimum Gasteiger partial charge on any atom is -0.268 e. The van der Waals surface area contributed by atoms with Gasteiger partial charge >= 0.3 is 0 Å². The Bertz CT molecular complexity index is 1230. The Hall–Kier alpha value is -3.29. The highest BCUT2D eigenvalue weighted by Gasteiger charge is 2.35. The van der Waals surface area contributed by atoms with Gasteiger partial charge in [-0.25, -0.2) is 0 Å². The summed E-state index contributed by atoms with van der Waals surface area (Å²) in [5.74, 6) is -0.574. The topological polar surface area (TPSA) is 71.4 Å². The number of thioether (sulfide) groups is 1. The van der Waals surface area contributed by atoms with Gasteiger partial charge in [0, 0.05) is 22.0 Å². The number of imide groups is 1. The maximum Gasteiger partial charge on any atom is 0.293 e. The second-order valence-corrected chi connectivity index (χ2v) is 8.79. The molecule has 0 unspecified atom stereocenters. The minimum absolute atomic E-state index is 0.186. The Morgan fingerprint density at radius 2 is 1.75 bits per heavy atom. The summed E-state index contributed by atoms with van der Waals surface area (Å²) in [4.78, 5) is 39.4. The van der Waals surface area contributed by atoms with Crippen LogP contribution in [-0.4, -0.2) is 26.6 Å². The molecule has 3 aromatic rings. The van der Waals surface area contributed by atoms with Crippen molar-refractivity contribution in [1.82, 2.24) is 9.58 Å². The van der Waals surface area contributed by atoms with Gasteiger partial charge in [-0.05, 0) is 73.1 Å². The lowest BCUT2D eigenvalue weighted by molar-refractivity contribution is -0.123. The molecule has 1 N–H and O–H groups in total. The fraction of sp³-hybridized carbons (Fsp3) is 0.125. The van der Waals surface area contributed by atoms with E-state index in [1.807, 2.05) is 26.0 Å². The number of hydrogen-bond donors (Lipinski definition) is 1. The third-order valence-electron chi connectivity index (χ3n) is 5.13. The number of aryl methyl sites for hydroxylation is 1. The Morgan fingerprint density at radius 1 is 1.06 bits per heavy atom. The second kappa shape index (κ2) is 9.06. The van der Waals surface area contributed by atoms with Crippen LogP contribution in [-0.2, 0) is 11.3 Å². The quantitative estimate of drug-likeness (QED) is 0.513. The number of benzene rings is 2. The fourth-order valence-electron chi connectivity index (χ4n) is 3.41. The lowest BCUT2D eigenvalue weighted by Gasteiger charge is -2.12. The average Bonchev–Trinajstić information content (AvgIpc) is 3.20. The Balaban J connectivity index is 1.54. The van der Waals surface area contributed by atoms with Crippen molar-refractivity contribution < 1.29 is 14.4 Å². The molecule has 0 radical (unpaired) electrons. The molecule has 0 atom stereocenters. The molecule has 6 nitrogen and oxygen atoms in total. The van der Waals surface area contributed by atoms with Gasteiger partial charge in [-0.1, -0.05) is 41.9 Å². The van der Waals surface area contributed by atoms with Crippen molar-refractivity contribution in [3.8, 4) is 0 Å². The molecule has 162 valence electrons. The van der Waals surface area contributed by atoms with Crippen LogP contribution in [0.2, 0.25) is 5.02 Å². The summed E-state index contributed by atoms with van der Waals surface area (Å²) in [6, 6.07) is 17.8. The van der Waals surface area contributed by atoms with E-state index < -0.39 is 0 Å². The van der Waals surface area contributed by atoms with E-state index in [0.29, 0.717) is 15.5 Å². The SMILES string of the molecule is Cc1cc(/C=C2\SC(=O)N(Cc3ccc(Cl)cc3)C2=O)c(C)n1NC(=O)c1ccccc1. The number of carbonyl (C=O) groups excluding carboxylic acids is 3. The molecule has 0 saturated carbocycles. The predicted molar refractivity (Wildman–Crippen MR) is 127 cm³/mol. The summed E-state index contributed by atoms with van der Waals surface area (Å²) in [5.41, 5.74) is 6.56. The Labute approximate surface area is 194 Å². The van der Waals surface area contributed by atoms with E-state index in [9.17, 15) is 14.4 Å². The third-order valence-corrected chi connectivity index (χ3v) is 6.29. The minimum atomic E-state index is -0.340. The van der Waals surface area contributed by atoms with Crippen molar-refractivity contribution in [1.29, 1.82) is 0 Å². The molecule has 1 saturated heterocycles. The van der Waals surface area contributed by atoms with E-state index in [1.54, 1.807) is 59.3 Å². The average molecular weight is 466 g/mol. The molecule has 0 bridgehead atoms. The molecule has 1 aliphatic rings. The summed E-state index contributed by atoms with van der Waals surface area (Å²) in [5, 5.41) is 0.278. The molecular formula is C24H20ClN3O3S. The molecule has 1 aliphatic heterocycles. The Kier molecular flexibility index (Phi) is 6.21. The van der Waals surface area contributed by atoms with Gasteiger partial charge in [0.15, 0.2) is 0 Å². The van der Waals surface area contributed by atoms with Crippen molar-refractivity contribution in [2.45, 2.75) is 20.4 Å². The summed E-state index contributed by atoms with van der Waals surface area (Å²) in [7, 11) is 0. The van der Waals surface area contributed by atoms with Crippen molar-refractivity contribution in [3.63, 3.8) is 0 Å². The zero-order valence-electron chi connectivity index (χ0n) is 17.5. The molecule has 3 amide bonds. The van der Waals surface area contributed by atoms with Crippen LogP contribution < -0.4 is 5.43 Å². The normalized spacial score (nSPS) is 15.0. The molecule has 2 aromatic carbocycles. The van der Waals surface area contributed by atoms with Gasteiger partial charge in [0.1, 0.15) is 0 Å². The van der Waals surface area contributed by atoms with Crippen LogP contribution in [0.4, 0.5) is 4.79 Å². The smallest absolute Gasteiger partial charge is 0.268 e. The standard InChI is InChI=1S/C24H20ClN3O3S/c1-15-12-19(16(2)28(15)26-22(29)18-6-4-3-5-7-18)13-21-23(30)27(24(31)32-21)14-17-8-10-20(25)11-9-17/h3-13H,14H2,1-2H3,(H,26,29)/b21-13-. The molecule has 0 aliphatic carbocycles. The highest BCUT2D eigenvalue weighted by Crippen LogP contribution is 2.34.